The van der Waals surface area contributed by atoms with Crippen molar-refractivity contribution in [2.45, 2.75) is 26.2 Å². The van der Waals surface area contributed by atoms with Crippen LogP contribution >= 0.6 is 12.2 Å². The van der Waals surface area contributed by atoms with Gasteiger partial charge in [0.2, 0.25) is 11.5 Å². The molecule has 0 aliphatic rings. The molecule has 2 heterocycles. The van der Waals surface area contributed by atoms with Crippen molar-refractivity contribution in [1.29, 1.82) is 0 Å². The summed E-state index contributed by atoms with van der Waals surface area (Å²) in [5, 5.41) is 3.67. The van der Waals surface area contributed by atoms with Crippen molar-refractivity contribution in [1.82, 2.24) is 4.98 Å². The van der Waals surface area contributed by atoms with Gasteiger partial charge in [-0.25, -0.2) is 4.98 Å². The highest BCUT2D eigenvalue weighted by atomic mass is 32.1. The molecule has 140 valence electrons. The van der Waals surface area contributed by atoms with Crippen LogP contribution < -0.4 is 15.8 Å². The molecule has 27 heavy (non-hydrogen) atoms. The third-order valence-corrected chi connectivity index (χ3v) is 4.14. The number of nitrogens with zero attached hydrogens (tertiary/aromatic N) is 1. The summed E-state index contributed by atoms with van der Waals surface area (Å²) >= 11 is 4.94. The number of carbonyl (C=O) groups is 1. The van der Waals surface area contributed by atoms with Crippen LogP contribution in [-0.4, -0.2) is 22.5 Å². The Bertz CT molecular complexity index is 935. The standard InChI is InChI=1S/C20H21N3O3S/c1-2-3-4-11-25-15-9-5-8-14(23-20(21)27)17(15)18(24)16-12-13-7-6-10-22-19(13)26-16/h5-10,12H,2-4,11H2,1H3,(H3,21,23,27). The van der Waals surface area contributed by atoms with Gasteiger partial charge in [0, 0.05) is 11.6 Å². The summed E-state index contributed by atoms with van der Waals surface area (Å²) in [6.07, 6.45) is 4.67. The first kappa shape index (κ1) is 18.8. The quantitative estimate of drug-likeness (QED) is 0.341. The Morgan fingerprint density at radius 1 is 1.30 bits per heavy atom. The van der Waals surface area contributed by atoms with Crippen LogP contribution in [0.1, 0.15) is 42.3 Å². The van der Waals surface area contributed by atoms with Crippen LogP contribution in [0.2, 0.25) is 0 Å². The highest BCUT2D eigenvalue weighted by Crippen LogP contribution is 2.31. The largest absolute Gasteiger partial charge is 0.493 e. The van der Waals surface area contributed by atoms with Gasteiger partial charge in [-0.1, -0.05) is 25.8 Å². The van der Waals surface area contributed by atoms with Crippen molar-refractivity contribution in [3.63, 3.8) is 0 Å². The molecule has 7 heteroatoms. The molecule has 3 N–H and O–H groups in total. The number of nitrogens with two attached hydrogens (primary N) is 1. The highest BCUT2D eigenvalue weighted by Gasteiger charge is 2.23. The molecule has 0 saturated carbocycles. The number of aromatic nitrogens is 1. The van der Waals surface area contributed by atoms with Crippen LogP contribution in [-0.2, 0) is 0 Å². The van der Waals surface area contributed by atoms with Gasteiger partial charge in [0.1, 0.15) is 5.75 Å². The number of hydrogen-bond donors (Lipinski definition) is 2. The second kappa shape index (κ2) is 8.64. The molecule has 1 aromatic carbocycles. The van der Waals surface area contributed by atoms with Crippen molar-refractivity contribution >= 4 is 39.9 Å². The molecule has 0 radical (unpaired) electrons. The molecule has 0 saturated heterocycles. The van der Waals surface area contributed by atoms with Crippen molar-refractivity contribution in [3.05, 3.63) is 53.9 Å². The number of fused-ring (bicyclic) bond motifs is 1. The minimum Gasteiger partial charge on any atom is -0.493 e. The normalized spacial score (nSPS) is 10.7. The molecule has 0 unspecified atom stereocenters. The maximum absolute atomic E-state index is 13.2. The number of rotatable bonds is 8. The molecule has 0 amide bonds. The van der Waals surface area contributed by atoms with Gasteiger partial charge >= 0.3 is 0 Å². The molecule has 3 aromatic rings. The SMILES string of the molecule is CCCCCOc1cccc(NC(N)=S)c1C(=O)c1cc2cccnc2o1. The number of anilines is 1. The molecule has 0 atom stereocenters. The van der Waals surface area contributed by atoms with Crippen LogP contribution in [0.25, 0.3) is 11.1 Å². The lowest BCUT2D eigenvalue weighted by Gasteiger charge is -2.15. The van der Waals surface area contributed by atoms with Gasteiger partial charge in [-0.3, -0.25) is 4.79 Å². The van der Waals surface area contributed by atoms with Crippen LogP contribution in [0.15, 0.2) is 47.0 Å². The van der Waals surface area contributed by atoms with E-state index in [-0.39, 0.29) is 16.7 Å². The maximum Gasteiger partial charge on any atom is 0.234 e. The lowest BCUT2D eigenvalue weighted by atomic mass is 10.0. The molecular weight excluding hydrogens is 362 g/mol. The number of ether oxygens (including phenoxy) is 1. The fourth-order valence-corrected chi connectivity index (χ4v) is 2.87. The average Bonchev–Trinajstić information content (AvgIpc) is 3.09. The fraction of sp³-hybridized carbons (Fsp3) is 0.250. The van der Waals surface area contributed by atoms with E-state index in [9.17, 15) is 4.79 Å². The molecule has 0 aliphatic heterocycles. The van der Waals surface area contributed by atoms with Gasteiger partial charge in [-0.05, 0) is 49.0 Å². The summed E-state index contributed by atoms with van der Waals surface area (Å²) in [5.74, 6) is 0.322. The number of ketones is 1. The number of furan rings is 1. The van der Waals surface area contributed by atoms with E-state index in [0.29, 0.717) is 29.3 Å². The van der Waals surface area contributed by atoms with Crippen LogP contribution in [0, 0.1) is 0 Å². The summed E-state index contributed by atoms with van der Waals surface area (Å²) < 4.78 is 11.5. The van der Waals surface area contributed by atoms with Crippen molar-refractivity contribution in [2.75, 3.05) is 11.9 Å². The molecule has 3 rings (SSSR count). The maximum atomic E-state index is 13.2. The number of thiocarbonyl (C=S) groups is 1. The van der Waals surface area contributed by atoms with E-state index in [0.717, 1.165) is 24.6 Å². The Balaban J connectivity index is 1.98. The Labute approximate surface area is 162 Å². The summed E-state index contributed by atoms with van der Waals surface area (Å²) in [7, 11) is 0. The minimum atomic E-state index is -0.321. The molecule has 0 spiro atoms. The third kappa shape index (κ3) is 4.43. The lowest BCUT2D eigenvalue weighted by molar-refractivity contribution is 0.101. The second-order valence-corrected chi connectivity index (χ2v) is 6.50. The van der Waals surface area contributed by atoms with E-state index in [1.807, 2.05) is 6.07 Å². The highest BCUT2D eigenvalue weighted by molar-refractivity contribution is 7.80. The number of unbranched alkanes of at least 4 members (excludes halogenated alkanes) is 2. The minimum absolute atomic E-state index is 0.0680. The number of benzene rings is 1. The molecule has 2 aromatic heterocycles. The lowest BCUT2D eigenvalue weighted by Crippen LogP contribution is -2.21. The molecule has 0 aliphatic carbocycles. The van der Waals surface area contributed by atoms with Gasteiger partial charge in [-0.15, -0.1) is 0 Å². The fourth-order valence-electron chi connectivity index (χ4n) is 2.77. The average molecular weight is 383 g/mol. The zero-order valence-electron chi connectivity index (χ0n) is 15.0. The predicted octanol–water partition coefficient (Wildman–Crippen LogP) is 4.28. The van der Waals surface area contributed by atoms with E-state index in [1.54, 1.807) is 36.5 Å². The molecule has 6 nitrogen and oxygen atoms in total. The van der Waals surface area contributed by atoms with Crippen molar-refractivity contribution < 1.29 is 13.9 Å². The Kier molecular flexibility index (Phi) is 6.03. The van der Waals surface area contributed by atoms with Gasteiger partial charge in [0.05, 0.1) is 17.9 Å². The van der Waals surface area contributed by atoms with E-state index >= 15 is 0 Å². The number of pyridine rings is 1. The summed E-state index contributed by atoms with van der Waals surface area (Å²) in [5.41, 5.74) is 6.84. The molecule has 0 fully saturated rings. The first-order valence-corrected chi connectivity index (χ1v) is 9.22. The number of carbonyl (C=O) groups excluding carboxylic acids is 1. The van der Waals surface area contributed by atoms with Gasteiger partial charge in [0.25, 0.3) is 0 Å². The van der Waals surface area contributed by atoms with Crippen LogP contribution in [0.4, 0.5) is 5.69 Å². The topological polar surface area (TPSA) is 90.4 Å². The zero-order chi connectivity index (χ0) is 19.2. The van der Waals surface area contributed by atoms with E-state index < -0.39 is 0 Å². The number of nitrogens with one attached hydrogen (secondary N) is 1. The monoisotopic (exact) mass is 383 g/mol. The van der Waals surface area contributed by atoms with Gasteiger partial charge in [-0.2, -0.15) is 0 Å². The van der Waals surface area contributed by atoms with Crippen LogP contribution in [0.5, 0.6) is 5.75 Å². The molecule has 0 bridgehead atoms. The van der Waals surface area contributed by atoms with E-state index in [4.69, 9.17) is 27.1 Å². The Morgan fingerprint density at radius 3 is 2.89 bits per heavy atom. The van der Waals surface area contributed by atoms with E-state index in [1.165, 1.54) is 0 Å². The smallest absolute Gasteiger partial charge is 0.234 e. The van der Waals surface area contributed by atoms with Crippen LogP contribution in [0.3, 0.4) is 0 Å². The zero-order valence-corrected chi connectivity index (χ0v) is 15.8. The first-order chi connectivity index (χ1) is 13.1. The first-order valence-electron chi connectivity index (χ1n) is 8.81. The molecular formula is C20H21N3O3S. The number of hydrogen-bond acceptors (Lipinski definition) is 5. The Morgan fingerprint density at radius 2 is 2.15 bits per heavy atom. The predicted molar refractivity (Wildman–Crippen MR) is 109 cm³/mol. The third-order valence-electron chi connectivity index (χ3n) is 4.03. The van der Waals surface area contributed by atoms with Gasteiger partial charge in [0.15, 0.2) is 10.9 Å². The Hall–Kier alpha value is -2.93. The van der Waals surface area contributed by atoms with Crippen molar-refractivity contribution in [3.8, 4) is 5.75 Å². The summed E-state index contributed by atoms with van der Waals surface area (Å²) in [4.78, 5) is 17.3. The van der Waals surface area contributed by atoms with Gasteiger partial charge < -0.3 is 20.2 Å². The summed E-state index contributed by atoms with van der Waals surface area (Å²) in [6, 6.07) is 10.6. The second-order valence-electron chi connectivity index (χ2n) is 6.06. The van der Waals surface area contributed by atoms with Crippen molar-refractivity contribution in [2.24, 2.45) is 5.73 Å². The van der Waals surface area contributed by atoms with E-state index in [2.05, 4.69) is 17.2 Å². The summed E-state index contributed by atoms with van der Waals surface area (Å²) in [6.45, 7) is 2.64.